The molecule has 0 amide bonds. The fourth-order valence-electron chi connectivity index (χ4n) is 2.91. The Kier molecular flexibility index (Phi) is 4.61. The molecule has 0 saturated carbocycles. The van der Waals surface area contributed by atoms with Gasteiger partial charge in [0, 0.05) is 10.5 Å². The molecule has 124 valence electrons. The molecule has 1 aliphatic heterocycles. The smallest absolute Gasteiger partial charge is 0.312 e. The summed E-state index contributed by atoms with van der Waals surface area (Å²) in [7, 11) is 0. The molecule has 0 radical (unpaired) electrons. The Balaban J connectivity index is 2.22. The number of nitro groups is 1. The summed E-state index contributed by atoms with van der Waals surface area (Å²) in [5.74, 6) is 0.655. The summed E-state index contributed by atoms with van der Waals surface area (Å²) in [5, 5.41) is 18.2. The number of hydrogen-bond donors (Lipinski definition) is 2. The van der Waals surface area contributed by atoms with Crippen molar-refractivity contribution in [1.29, 1.82) is 0 Å². The molecule has 7 nitrogen and oxygen atoms in total. The minimum atomic E-state index is -0.396. The first kappa shape index (κ1) is 16.7. The van der Waals surface area contributed by atoms with Crippen LogP contribution in [-0.2, 0) is 0 Å². The molecule has 1 fully saturated rings. The van der Waals surface area contributed by atoms with Gasteiger partial charge in [-0.25, -0.2) is 4.98 Å². The van der Waals surface area contributed by atoms with Crippen molar-refractivity contribution in [2.45, 2.75) is 38.9 Å². The highest BCUT2D eigenvalue weighted by Gasteiger charge is 2.27. The Labute approximate surface area is 150 Å². The molecule has 2 aromatic rings. The lowest BCUT2D eigenvalue weighted by molar-refractivity contribution is -0.384. The molecule has 9 heteroatoms. The molecule has 1 saturated heterocycles. The van der Waals surface area contributed by atoms with Gasteiger partial charge in [-0.15, -0.1) is 0 Å². The zero-order valence-electron chi connectivity index (χ0n) is 12.8. The number of aromatic nitrogens is 2. The van der Waals surface area contributed by atoms with Crippen LogP contribution in [0.15, 0.2) is 15.0 Å². The zero-order chi connectivity index (χ0) is 16.7. The summed E-state index contributed by atoms with van der Waals surface area (Å²) >= 11 is 6.68. The van der Waals surface area contributed by atoms with Crippen LogP contribution in [0.2, 0.25) is 0 Å². The molecule has 1 aliphatic rings. The van der Waals surface area contributed by atoms with Crippen molar-refractivity contribution >= 4 is 54.5 Å². The van der Waals surface area contributed by atoms with Gasteiger partial charge >= 0.3 is 5.69 Å². The number of halogens is 2. The van der Waals surface area contributed by atoms with Gasteiger partial charge in [-0.2, -0.15) is 0 Å². The van der Waals surface area contributed by atoms with Crippen molar-refractivity contribution in [2.24, 2.45) is 0 Å². The summed E-state index contributed by atoms with van der Waals surface area (Å²) in [6.07, 6.45) is 2.27. The van der Waals surface area contributed by atoms with Gasteiger partial charge in [-0.3, -0.25) is 15.4 Å². The molecule has 1 aromatic carbocycles. The topological polar surface area (TPSA) is 85.0 Å². The highest BCUT2D eigenvalue weighted by atomic mass is 79.9. The van der Waals surface area contributed by atoms with Crippen molar-refractivity contribution in [3.8, 4) is 0 Å². The summed E-state index contributed by atoms with van der Waals surface area (Å²) < 4.78 is 3.05. The van der Waals surface area contributed by atoms with Gasteiger partial charge in [0.05, 0.1) is 16.6 Å². The molecule has 2 N–H and O–H groups in total. The SMILES string of the molecule is CC(C)n1c(NC2CCCN2)nc2c([N+](=O)[O-])c(Br)c(Br)cc21. The Bertz CT molecular complexity index is 768. The standard InChI is InChI=1S/C14H17Br2N5O2/c1-7(2)20-9-6-8(15)11(16)13(21(22)23)12(9)19-14(20)18-10-4-3-5-17-10/h6-7,10,17H,3-5H2,1-2H3,(H,18,19). The Hall–Kier alpha value is -1.19. The monoisotopic (exact) mass is 445 g/mol. The number of imidazole rings is 1. The molecule has 3 rings (SSSR count). The molecular weight excluding hydrogens is 430 g/mol. The minimum Gasteiger partial charge on any atom is -0.340 e. The van der Waals surface area contributed by atoms with Crippen LogP contribution < -0.4 is 10.6 Å². The van der Waals surface area contributed by atoms with Crippen molar-refractivity contribution in [1.82, 2.24) is 14.9 Å². The van der Waals surface area contributed by atoms with Crippen molar-refractivity contribution in [2.75, 3.05) is 11.9 Å². The number of rotatable bonds is 4. The molecule has 2 heterocycles. The first-order valence-electron chi connectivity index (χ1n) is 7.44. The van der Waals surface area contributed by atoms with Crippen LogP contribution in [0, 0.1) is 10.1 Å². The quantitative estimate of drug-likeness (QED) is 0.543. The number of anilines is 1. The van der Waals surface area contributed by atoms with E-state index in [4.69, 9.17) is 0 Å². The third-order valence-corrected chi connectivity index (χ3v) is 5.88. The third kappa shape index (κ3) is 2.97. The maximum absolute atomic E-state index is 11.5. The van der Waals surface area contributed by atoms with Crippen LogP contribution in [0.5, 0.6) is 0 Å². The van der Waals surface area contributed by atoms with Crippen LogP contribution in [0.25, 0.3) is 11.0 Å². The van der Waals surface area contributed by atoms with E-state index in [2.05, 4.69) is 47.5 Å². The molecule has 0 bridgehead atoms. The lowest BCUT2D eigenvalue weighted by atomic mass is 10.2. The maximum atomic E-state index is 11.5. The number of benzene rings is 1. The molecule has 1 unspecified atom stereocenters. The average Bonchev–Trinajstić information content (AvgIpc) is 3.07. The summed E-state index contributed by atoms with van der Waals surface area (Å²) in [4.78, 5) is 15.6. The average molecular weight is 447 g/mol. The normalized spacial score (nSPS) is 18.0. The van der Waals surface area contributed by atoms with E-state index < -0.39 is 4.92 Å². The largest absolute Gasteiger partial charge is 0.340 e. The predicted molar refractivity (Wildman–Crippen MR) is 96.8 cm³/mol. The maximum Gasteiger partial charge on any atom is 0.312 e. The molecular formula is C14H17Br2N5O2. The van der Waals surface area contributed by atoms with E-state index in [0.717, 1.165) is 24.9 Å². The van der Waals surface area contributed by atoms with Crippen LogP contribution in [0.3, 0.4) is 0 Å². The highest BCUT2D eigenvalue weighted by molar-refractivity contribution is 9.13. The zero-order valence-corrected chi connectivity index (χ0v) is 15.9. The summed E-state index contributed by atoms with van der Waals surface area (Å²) in [6, 6.07) is 1.99. The lowest BCUT2D eigenvalue weighted by Crippen LogP contribution is -2.31. The second kappa shape index (κ2) is 6.37. The van der Waals surface area contributed by atoms with Crippen LogP contribution in [-0.4, -0.2) is 27.2 Å². The molecule has 1 aromatic heterocycles. The van der Waals surface area contributed by atoms with E-state index in [1.165, 1.54) is 0 Å². The molecule has 0 spiro atoms. The van der Waals surface area contributed by atoms with E-state index in [-0.39, 0.29) is 17.9 Å². The summed E-state index contributed by atoms with van der Waals surface area (Å²) in [5.41, 5.74) is 1.11. The predicted octanol–water partition coefficient (Wildman–Crippen LogP) is 4.17. The Morgan fingerprint density at radius 3 is 2.83 bits per heavy atom. The number of nitrogens with one attached hydrogen (secondary N) is 2. The van der Waals surface area contributed by atoms with Crippen LogP contribution in [0.1, 0.15) is 32.7 Å². The highest BCUT2D eigenvalue weighted by Crippen LogP contribution is 2.40. The van der Waals surface area contributed by atoms with Gasteiger partial charge in [0.25, 0.3) is 0 Å². The fourth-order valence-corrected chi connectivity index (χ4v) is 3.76. The fraction of sp³-hybridized carbons (Fsp3) is 0.500. The second-order valence-electron chi connectivity index (χ2n) is 5.84. The first-order valence-corrected chi connectivity index (χ1v) is 9.03. The van der Waals surface area contributed by atoms with Gasteiger partial charge < -0.3 is 9.88 Å². The van der Waals surface area contributed by atoms with E-state index in [1.807, 2.05) is 24.5 Å². The first-order chi connectivity index (χ1) is 10.9. The number of nitro benzene ring substituents is 1. The Morgan fingerprint density at radius 1 is 1.52 bits per heavy atom. The minimum absolute atomic E-state index is 0.0174. The van der Waals surface area contributed by atoms with Gasteiger partial charge in [-0.1, -0.05) is 0 Å². The second-order valence-corrected chi connectivity index (χ2v) is 7.49. The van der Waals surface area contributed by atoms with Crippen molar-refractivity contribution < 1.29 is 4.92 Å². The summed E-state index contributed by atoms with van der Waals surface area (Å²) in [6.45, 7) is 5.04. The van der Waals surface area contributed by atoms with E-state index in [0.29, 0.717) is 20.4 Å². The van der Waals surface area contributed by atoms with Crippen LogP contribution in [0.4, 0.5) is 11.6 Å². The van der Waals surface area contributed by atoms with Crippen LogP contribution >= 0.6 is 31.9 Å². The molecule has 23 heavy (non-hydrogen) atoms. The molecule has 1 atom stereocenters. The number of nitrogens with zero attached hydrogens (tertiary/aromatic N) is 3. The van der Waals surface area contributed by atoms with Crippen molar-refractivity contribution in [3.05, 3.63) is 25.1 Å². The van der Waals surface area contributed by atoms with Gasteiger partial charge in [0.2, 0.25) is 5.95 Å². The lowest BCUT2D eigenvalue weighted by Gasteiger charge is -2.18. The van der Waals surface area contributed by atoms with Gasteiger partial charge in [0.15, 0.2) is 5.52 Å². The Morgan fingerprint density at radius 2 is 2.26 bits per heavy atom. The van der Waals surface area contributed by atoms with E-state index >= 15 is 0 Å². The van der Waals surface area contributed by atoms with Gasteiger partial charge in [0.1, 0.15) is 4.47 Å². The van der Waals surface area contributed by atoms with E-state index in [1.54, 1.807) is 0 Å². The van der Waals surface area contributed by atoms with E-state index in [9.17, 15) is 10.1 Å². The van der Waals surface area contributed by atoms with Gasteiger partial charge in [-0.05, 0) is 71.2 Å². The number of hydrogen-bond acceptors (Lipinski definition) is 5. The number of fused-ring (bicyclic) bond motifs is 1. The third-order valence-electron chi connectivity index (χ3n) is 3.92. The molecule has 0 aliphatic carbocycles. The van der Waals surface area contributed by atoms with Crippen molar-refractivity contribution in [3.63, 3.8) is 0 Å².